The summed E-state index contributed by atoms with van der Waals surface area (Å²) < 4.78 is 0. The first kappa shape index (κ1) is 14.3. The molecular formula is C23H22. The highest BCUT2D eigenvalue weighted by molar-refractivity contribution is 5.33. The molecule has 0 aromatic heterocycles. The lowest BCUT2D eigenvalue weighted by atomic mass is 9.96. The summed E-state index contributed by atoms with van der Waals surface area (Å²) >= 11 is 0. The Bertz CT molecular complexity index is 779. The summed E-state index contributed by atoms with van der Waals surface area (Å²) in [5.74, 6) is 0. The van der Waals surface area contributed by atoms with Gasteiger partial charge in [-0.05, 0) is 65.5 Å². The minimum atomic E-state index is 1.03. The van der Waals surface area contributed by atoms with Crippen molar-refractivity contribution in [1.29, 1.82) is 0 Å². The van der Waals surface area contributed by atoms with E-state index in [1.807, 2.05) is 0 Å². The van der Waals surface area contributed by atoms with E-state index < -0.39 is 0 Å². The zero-order valence-electron chi connectivity index (χ0n) is 13.5. The number of benzene rings is 3. The van der Waals surface area contributed by atoms with Gasteiger partial charge in [0, 0.05) is 0 Å². The van der Waals surface area contributed by atoms with Crippen molar-refractivity contribution in [1.82, 2.24) is 0 Å². The van der Waals surface area contributed by atoms with Gasteiger partial charge < -0.3 is 0 Å². The van der Waals surface area contributed by atoms with Crippen LogP contribution in [0.5, 0.6) is 0 Å². The lowest BCUT2D eigenvalue weighted by Gasteiger charge is -2.09. The fourth-order valence-electron chi connectivity index (χ4n) is 3.40. The lowest BCUT2D eigenvalue weighted by Crippen LogP contribution is -1.97. The summed E-state index contributed by atoms with van der Waals surface area (Å²) in [6, 6.07) is 27.4. The molecule has 0 saturated carbocycles. The van der Waals surface area contributed by atoms with Crippen molar-refractivity contribution in [2.45, 2.75) is 32.1 Å². The maximum atomic E-state index is 2.37. The molecule has 0 nitrogen and oxygen atoms in total. The van der Waals surface area contributed by atoms with Crippen LogP contribution in [0.3, 0.4) is 0 Å². The van der Waals surface area contributed by atoms with E-state index in [9.17, 15) is 0 Å². The van der Waals surface area contributed by atoms with E-state index in [0.29, 0.717) is 0 Å². The summed E-state index contributed by atoms with van der Waals surface area (Å²) in [5.41, 5.74) is 8.56. The molecule has 0 heteroatoms. The lowest BCUT2D eigenvalue weighted by molar-refractivity contribution is 0.934. The summed E-state index contributed by atoms with van der Waals surface area (Å²) in [7, 11) is 0. The Balaban J connectivity index is 1.70. The topological polar surface area (TPSA) is 0 Å². The Morgan fingerprint density at radius 2 is 0.826 bits per heavy atom. The zero-order valence-corrected chi connectivity index (χ0v) is 13.5. The van der Waals surface area contributed by atoms with Crippen LogP contribution in [0.2, 0.25) is 0 Å². The van der Waals surface area contributed by atoms with Gasteiger partial charge in [0.1, 0.15) is 0 Å². The smallest absolute Gasteiger partial charge is 0.00257 e. The first-order valence-corrected chi connectivity index (χ1v) is 8.59. The van der Waals surface area contributed by atoms with Crippen molar-refractivity contribution < 1.29 is 0 Å². The van der Waals surface area contributed by atoms with Crippen LogP contribution in [0, 0.1) is 0 Å². The van der Waals surface area contributed by atoms with Crippen molar-refractivity contribution >= 4 is 0 Å². The molecule has 0 radical (unpaired) electrons. The zero-order chi connectivity index (χ0) is 15.5. The fourth-order valence-corrected chi connectivity index (χ4v) is 3.40. The molecule has 114 valence electrons. The van der Waals surface area contributed by atoms with Crippen LogP contribution in [0.15, 0.2) is 72.8 Å². The van der Waals surface area contributed by atoms with Gasteiger partial charge in [0.05, 0.1) is 0 Å². The van der Waals surface area contributed by atoms with Gasteiger partial charge in [-0.3, -0.25) is 0 Å². The Kier molecular flexibility index (Phi) is 3.98. The normalized spacial score (nSPS) is 14.1. The molecule has 0 saturated heterocycles. The molecule has 0 spiro atoms. The highest BCUT2D eigenvalue weighted by Gasteiger charge is 2.03. The summed E-state index contributed by atoms with van der Waals surface area (Å²) in [6.07, 6.45) is 5.51. The van der Waals surface area contributed by atoms with E-state index in [1.54, 1.807) is 0 Å². The molecule has 0 atom stereocenters. The summed E-state index contributed by atoms with van der Waals surface area (Å²) in [5, 5.41) is 0. The third kappa shape index (κ3) is 3.53. The Labute approximate surface area is 138 Å². The second-order valence-electron chi connectivity index (χ2n) is 6.63. The molecule has 0 heterocycles. The highest BCUT2D eigenvalue weighted by Crippen LogP contribution is 2.17. The molecule has 0 amide bonds. The van der Waals surface area contributed by atoms with Crippen LogP contribution in [-0.4, -0.2) is 0 Å². The molecule has 0 aliphatic heterocycles. The van der Waals surface area contributed by atoms with Crippen LogP contribution < -0.4 is 0 Å². The second kappa shape index (κ2) is 6.42. The Morgan fingerprint density at radius 3 is 1.39 bits per heavy atom. The molecule has 4 aliphatic rings. The Morgan fingerprint density at radius 1 is 0.391 bits per heavy atom. The molecule has 23 heavy (non-hydrogen) atoms. The summed E-state index contributed by atoms with van der Waals surface area (Å²) in [4.78, 5) is 0. The molecule has 0 fully saturated rings. The number of aryl methyl sites for hydroxylation is 4. The van der Waals surface area contributed by atoms with Crippen molar-refractivity contribution in [3.8, 4) is 0 Å². The van der Waals surface area contributed by atoms with E-state index >= 15 is 0 Å². The van der Waals surface area contributed by atoms with Crippen LogP contribution in [0.4, 0.5) is 0 Å². The number of hydrogen-bond acceptors (Lipinski definition) is 0. The molecular weight excluding hydrogens is 276 g/mol. The minimum Gasteiger partial charge on any atom is -0.0617 e. The van der Waals surface area contributed by atoms with Crippen LogP contribution in [0.25, 0.3) is 0 Å². The monoisotopic (exact) mass is 298 g/mol. The summed E-state index contributed by atoms with van der Waals surface area (Å²) in [6.45, 7) is 0. The third-order valence-electron chi connectivity index (χ3n) is 4.85. The van der Waals surface area contributed by atoms with Gasteiger partial charge in [0.2, 0.25) is 0 Å². The largest absolute Gasteiger partial charge is 0.0617 e. The Hall–Kier alpha value is -2.34. The SMILES string of the molecule is c1cc2cc(c1)Cc1ccc(cc1)CCc1ccc(cc1)CC2. The quantitative estimate of drug-likeness (QED) is 0.537. The number of hydrogen-bond donors (Lipinski definition) is 0. The van der Waals surface area contributed by atoms with Gasteiger partial charge in [-0.25, -0.2) is 0 Å². The average molecular weight is 298 g/mol. The number of rotatable bonds is 0. The molecule has 0 unspecified atom stereocenters. The minimum absolute atomic E-state index is 1.03. The van der Waals surface area contributed by atoms with Crippen molar-refractivity contribution in [2.75, 3.05) is 0 Å². The molecule has 3 aromatic rings. The van der Waals surface area contributed by atoms with Gasteiger partial charge in [0.25, 0.3) is 0 Å². The predicted octanol–water partition coefficient (Wildman–Crippen LogP) is 5.16. The first-order chi connectivity index (χ1) is 11.3. The van der Waals surface area contributed by atoms with Crippen molar-refractivity contribution in [3.05, 3.63) is 106 Å². The van der Waals surface area contributed by atoms with Gasteiger partial charge in [-0.15, -0.1) is 0 Å². The third-order valence-corrected chi connectivity index (χ3v) is 4.85. The molecule has 0 N–H and O–H groups in total. The van der Waals surface area contributed by atoms with E-state index in [0.717, 1.165) is 32.1 Å². The van der Waals surface area contributed by atoms with Crippen LogP contribution in [-0.2, 0) is 32.1 Å². The average Bonchev–Trinajstić information content (AvgIpc) is 2.60. The van der Waals surface area contributed by atoms with Crippen LogP contribution >= 0.6 is 0 Å². The first-order valence-electron chi connectivity index (χ1n) is 8.59. The standard InChI is InChI=1S/C23H22/c1-2-21-13-10-19-7-4-18(5-8-19)6-9-20-11-14-22(15-12-20)17-23(3-1)16-21/h1-5,7-8,11-12,14-16H,6,9-10,13,17H2. The van der Waals surface area contributed by atoms with Gasteiger partial charge in [-0.2, -0.15) is 0 Å². The van der Waals surface area contributed by atoms with Crippen molar-refractivity contribution in [3.63, 3.8) is 0 Å². The predicted molar refractivity (Wildman–Crippen MR) is 96.9 cm³/mol. The molecule has 7 rings (SSSR count). The van der Waals surface area contributed by atoms with Crippen molar-refractivity contribution in [2.24, 2.45) is 0 Å². The maximum Gasteiger partial charge on any atom is -0.00257 e. The second-order valence-corrected chi connectivity index (χ2v) is 6.63. The van der Waals surface area contributed by atoms with E-state index in [1.165, 1.54) is 33.4 Å². The maximum absolute atomic E-state index is 2.37. The molecule has 4 aliphatic carbocycles. The van der Waals surface area contributed by atoms with Crippen LogP contribution in [0.1, 0.15) is 33.4 Å². The molecule has 3 aromatic carbocycles. The fraction of sp³-hybridized carbons (Fsp3) is 0.217. The molecule has 6 bridgehead atoms. The van der Waals surface area contributed by atoms with Gasteiger partial charge in [0.15, 0.2) is 0 Å². The highest BCUT2D eigenvalue weighted by atomic mass is 14.1. The van der Waals surface area contributed by atoms with E-state index in [-0.39, 0.29) is 0 Å². The van der Waals surface area contributed by atoms with Gasteiger partial charge in [-0.1, -0.05) is 72.8 Å². The van der Waals surface area contributed by atoms with E-state index in [4.69, 9.17) is 0 Å². The van der Waals surface area contributed by atoms with E-state index in [2.05, 4.69) is 72.8 Å². The van der Waals surface area contributed by atoms with Gasteiger partial charge >= 0.3 is 0 Å².